The summed E-state index contributed by atoms with van der Waals surface area (Å²) >= 11 is 0. The highest BCUT2D eigenvalue weighted by molar-refractivity contribution is 7.47. The Balaban J connectivity index is 4.23. The Bertz CT molecular complexity index is 892. The Kier molecular flexibility index (Phi) is 37.4. The summed E-state index contributed by atoms with van der Waals surface area (Å²) in [6.07, 6.45) is 39.5. The van der Waals surface area contributed by atoms with Gasteiger partial charge < -0.3 is 24.6 Å². The number of ether oxygens (including phenoxy) is 2. The van der Waals surface area contributed by atoms with Crippen LogP contribution in [0.4, 0.5) is 0 Å². The number of phosphoric ester groups is 1. The maximum absolute atomic E-state index is 12.6. The van der Waals surface area contributed by atoms with Gasteiger partial charge in [-0.1, -0.05) is 134 Å². The van der Waals surface area contributed by atoms with Gasteiger partial charge in [-0.15, -0.1) is 0 Å². The lowest BCUT2D eigenvalue weighted by Gasteiger charge is -2.20. The SMILES string of the molecule is CCCCC/C=C\C/C=C\CCCCCCCCOCC(COP(=O)(O)OCC(O)CO)OC(=O)CCCCCCC/C=C\CCCCCCC. The maximum atomic E-state index is 12.6. The normalized spacial score (nSPS) is 14.5. The highest BCUT2D eigenvalue weighted by atomic mass is 31.2. The smallest absolute Gasteiger partial charge is 0.457 e. The number of phosphoric acid groups is 1. The fraction of sp³-hybridized carbons (Fsp3) is 0.829. The lowest BCUT2D eigenvalue weighted by Crippen LogP contribution is -2.29. The van der Waals surface area contributed by atoms with E-state index in [0.29, 0.717) is 13.0 Å². The number of rotatable bonds is 39. The van der Waals surface area contributed by atoms with Gasteiger partial charge in [-0.2, -0.15) is 0 Å². The number of carbonyl (C=O) groups is 1. The monoisotopic (exact) mass is 745 g/mol. The van der Waals surface area contributed by atoms with E-state index in [2.05, 4.69) is 50.3 Å². The first-order valence-electron chi connectivity index (χ1n) is 20.5. The Morgan fingerprint density at radius 1 is 0.608 bits per heavy atom. The highest BCUT2D eigenvalue weighted by Crippen LogP contribution is 2.43. The van der Waals surface area contributed by atoms with Crippen LogP contribution >= 0.6 is 7.82 Å². The molecule has 0 heterocycles. The molecule has 9 nitrogen and oxygen atoms in total. The molecule has 0 saturated carbocycles. The average molecular weight is 745 g/mol. The van der Waals surface area contributed by atoms with Crippen LogP contribution in [-0.4, -0.2) is 66.3 Å². The number of hydrogen-bond acceptors (Lipinski definition) is 8. The van der Waals surface area contributed by atoms with Gasteiger partial charge in [-0.05, 0) is 70.6 Å². The van der Waals surface area contributed by atoms with Crippen molar-refractivity contribution in [2.75, 3.05) is 33.0 Å². The molecule has 3 N–H and O–H groups in total. The number of aliphatic hydroxyl groups is 2. The fourth-order valence-electron chi connectivity index (χ4n) is 5.38. The standard InChI is InChI=1S/C41H77O9P/c1-3-5-7-9-11-13-15-17-19-20-22-24-26-28-30-32-34-47-37-40(38-49-51(45,46)48-36-39(43)35-42)50-41(44)33-31-29-27-25-23-21-18-16-14-12-10-8-6-4-2/h11,13,16-19,39-40,42-43H,3-10,12,14-15,20-38H2,1-2H3,(H,45,46)/b13-11-,18-16-,19-17-. The summed E-state index contributed by atoms with van der Waals surface area (Å²) in [4.78, 5) is 22.5. The van der Waals surface area contributed by atoms with Crippen LogP contribution in [0, 0.1) is 0 Å². The van der Waals surface area contributed by atoms with Crippen molar-refractivity contribution in [2.45, 2.75) is 187 Å². The zero-order chi connectivity index (χ0) is 37.5. The topological polar surface area (TPSA) is 132 Å². The van der Waals surface area contributed by atoms with Crippen LogP contribution < -0.4 is 0 Å². The van der Waals surface area contributed by atoms with Crippen molar-refractivity contribution in [3.8, 4) is 0 Å². The van der Waals surface area contributed by atoms with Gasteiger partial charge in [0.2, 0.25) is 0 Å². The van der Waals surface area contributed by atoms with Crippen LogP contribution in [0.2, 0.25) is 0 Å². The zero-order valence-corrected chi connectivity index (χ0v) is 33.5. The van der Waals surface area contributed by atoms with Gasteiger partial charge in [0.15, 0.2) is 0 Å². The number of carbonyl (C=O) groups excluding carboxylic acids is 1. The second-order valence-electron chi connectivity index (χ2n) is 13.6. The van der Waals surface area contributed by atoms with Crippen molar-refractivity contribution >= 4 is 13.8 Å². The maximum Gasteiger partial charge on any atom is 0.472 e. The van der Waals surface area contributed by atoms with Crippen LogP contribution in [-0.2, 0) is 27.9 Å². The summed E-state index contributed by atoms with van der Waals surface area (Å²) in [5, 5.41) is 18.3. The first-order chi connectivity index (χ1) is 24.8. The van der Waals surface area contributed by atoms with Crippen LogP contribution in [0.1, 0.15) is 174 Å². The first kappa shape index (κ1) is 49.7. The average Bonchev–Trinajstić information content (AvgIpc) is 3.12. The van der Waals surface area contributed by atoms with Crippen LogP contribution in [0.3, 0.4) is 0 Å². The predicted octanol–water partition coefficient (Wildman–Crippen LogP) is 10.9. The van der Waals surface area contributed by atoms with Crippen molar-refractivity contribution in [2.24, 2.45) is 0 Å². The molecule has 10 heteroatoms. The van der Waals surface area contributed by atoms with Crippen molar-refractivity contribution < 1.29 is 43.0 Å². The molecule has 3 atom stereocenters. The predicted molar refractivity (Wildman–Crippen MR) is 210 cm³/mol. The minimum absolute atomic E-state index is 0.0392. The molecule has 0 aliphatic rings. The lowest BCUT2D eigenvalue weighted by atomic mass is 10.1. The molecule has 0 rings (SSSR count). The third-order valence-electron chi connectivity index (χ3n) is 8.55. The van der Waals surface area contributed by atoms with Gasteiger partial charge >= 0.3 is 13.8 Å². The van der Waals surface area contributed by atoms with Crippen molar-refractivity contribution in [3.63, 3.8) is 0 Å². The van der Waals surface area contributed by atoms with E-state index < -0.39 is 39.2 Å². The fourth-order valence-corrected chi connectivity index (χ4v) is 6.17. The van der Waals surface area contributed by atoms with Crippen molar-refractivity contribution in [3.05, 3.63) is 36.5 Å². The summed E-state index contributed by atoms with van der Waals surface area (Å²) in [5.41, 5.74) is 0. The van der Waals surface area contributed by atoms with E-state index in [1.807, 2.05) is 0 Å². The molecular formula is C41H77O9P. The van der Waals surface area contributed by atoms with Gasteiger partial charge in [0.1, 0.15) is 12.2 Å². The molecule has 51 heavy (non-hydrogen) atoms. The number of aliphatic hydroxyl groups excluding tert-OH is 2. The van der Waals surface area contributed by atoms with Gasteiger partial charge in [0, 0.05) is 13.0 Å². The molecule has 0 amide bonds. The number of unbranched alkanes of at least 4 members (excludes halogenated alkanes) is 19. The summed E-state index contributed by atoms with van der Waals surface area (Å²) in [6.45, 7) is 3.44. The Hall–Kier alpha value is -1.32. The van der Waals surface area contributed by atoms with E-state index in [9.17, 15) is 19.4 Å². The summed E-state index contributed by atoms with van der Waals surface area (Å²) in [5.74, 6) is -0.396. The van der Waals surface area contributed by atoms with Crippen LogP contribution in [0.25, 0.3) is 0 Å². The van der Waals surface area contributed by atoms with Gasteiger partial charge in [0.25, 0.3) is 0 Å². The van der Waals surface area contributed by atoms with E-state index in [-0.39, 0.29) is 19.6 Å². The molecule has 0 aliphatic heterocycles. The molecule has 0 radical (unpaired) electrons. The highest BCUT2D eigenvalue weighted by Gasteiger charge is 2.26. The van der Waals surface area contributed by atoms with Crippen LogP contribution in [0.15, 0.2) is 36.5 Å². The number of allylic oxidation sites excluding steroid dienone is 6. The third-order valence-corrected chi connectivity index (χ3v) is 9.50. The minimum Gasteiger partial charge on any atom is -0.457 e. The molecule has 0 aromatic rings. The molecule has 0 fully saturated rings. The molecule has 0 spiro atoms. The molecule has 0 aromatic carbocycles. The van der Waals surface area contributed by atoms with E-state index in [0.717, 1.165) is 64.2 Å². The Morgan fingerprint density at radius 3 is 1.63 bits per heavy atom. The first-order valence-corrected chi connectivity index (χ1v) is 22.0. The molecule has 300 valence electrons. The molecule has 0 aromatic heterocycles. The Morgan fingerprint density at radius 2 is 1.06 bits per heavy atom. The van der Waals surface area contributed by atoms with Gasteiger partial charge in [0.05, 0.1) is 26.4 Å². The molecule has 3 unspecified atom stereocenters. The lowest BCUT2D eigenvalue weighted by molar-refractivity contribution is -0.154. The van der Waals surface area contributed by atoms with E-state index in [1.54, 1.807) is 0 Å². The number of hydrogen-bond donors (Lipinski definition) is 3. The largest absolute Gasteiger partial charge is 0.472 e. The zero-order valence-electron chi connectivity index (χ0n) is 32.6. The summed E-state index contributed by atoms with van der Waals surface area (Å²) < 4.78 is 33.3. The van der Waals surface area contributed by atoms with Gasteiger partial charge in [-0.3, -0.25) is 13.8 Å². The second kappa shape index (κ2) is 38.4. The second-order valence-corrected chi connectivity index (χ2v) is 15.1. The van der Waals surface area contributed by atoms with E-state index in [4.69, 9.17) is 23.6 Å². The third kappa shape index (κ3) is 38.2. The van der Waals surface area contributed by atoms with Crippen molar-refractivity contribution in [1.29, 1.82) is 0 Å². The molecule has 0 aliphatic carbocycles. The Labute approximate surface area is 312 Å². The molecule has 0 bridgehead atoms. The van der Waals surface area contributed by atoms with E-state index in [1.165, 1.54) is 83.5 Å². The van der Waals surface area contributed by atoms with Crippen molar-refractivity contribution in [1.82, 2.24) is 0 Å². The molecule has 0 saturated heterocycles. The summed E-state index contributed by atoms with van der Waals surface area (Å²) in [7, 11) is -4.52. The molecular weight excluding hydrogens is 667 g/mol. The van der Waals surface area contributed by atoms with Gasteiger partial charge in [-0.25, -0.2) is 4.57 Å². The minimum atomic E-state index is -4.52. The quantitative estimate of drug-likeness (QED) is 0.0243. The number of esters is 1. The van der Waals surface area contributed by atoms with Crippen LogP contribution in [0.5, 0.6) is 0 Å². The van der Waals surface area contributed by atoms with E-state index >= 15 is 0 Å². The summed E-state index contributed by atoms with van der Waals surface area (Å²) in [6, 6.07) is 0.